The van der Waals surface area contributed by atoms with Crippen molar-refractivity contribution in [3.05, 3.63) is 35.9 Å². The van der Waals surface area contributed by atoms with Crippen LogP contribution in [0.5, 0.6) is 0 Å². The van der Waals surface area contributed by atoms with Crippen LogP contribution in [0.1, 0.15) is 33.3 Å². The quantitative estimate of drug-likeness (QED) is 0.430. The zero-order valence-electron chi connectivity index (χ0n) is 18.6. The number of hydrogen-bond acceptors (Lipinski definition) is 9. The molecule has 1 aromatic carbocycles. The fourth-order valence-electron chi connectivity index (χ4n) is 3.37. The molecule has 1 fully saturated rings. The second-order valence-corrected chi connectivity index (χ2v) is 7.33. The molecule has 0 radical (unpaired) electrons. The van der Waals surface area contributed by atoms with Gasteiger partial charge in [0.2, 0.25) is 5.91 Å². The van der Waals surface area contributed by atoms with Gasteiger partial charge in [-0.2, -0.15) is 0 Å². The van der Waals surface area contributed by atoms with Gasteiger partial charge in [0.25, 0.3) is 0 Å². The van der Waals surface area contributed by atoms with Crippen LogP contribution in [0.15, 0.2) is 30.3 Å². The van der Waals surface area contributed by atoms with Crippen molar-refractivity contribution in [3.63, 3.8) is 0 Å². The van der Waals surface area contributed by atoms with Gasteiger partial charge in [-0.1, -0.05) is 30.3 Å². The number of hydrogen-bond donors (Lipinski definition) is 1. The zero-order chi connectivity index (χ0) is 23.7. The fourth-order valence-corrected chi connectivity index (χ4v) is 3.37. The highest BCUT2D eigenvalue weighted by atomic mass is 16.7. The molecular formula is C22H29NO9. The number of carbonyl (C=O) groups is 4. The Labute approximate surface area is 186 Å². The topological polar surface area (TPSA) is 126 Å². The number of rotatable bonds is 9. The van der Waals surface area contributed by atoms with E-state index in [-0.39, 0.29) is 13.2 Å². The maximum atomic E-state index is 11.9. The molecule has 10 nitrogen and oxygen atoms in total. The van der Waals surface area contributed by atoms with E-state index in [0.717, 1.165) is 5.56 Å². The first-order chi connectivity index (χ1) is 15.2. The second-order valence-electron chi connectivity index (χ2n) is 7.33. The van der Waals surface area contributed by atoms with Gasteiger partial charge in [0.05, 0.1) is 6.61 Å². The molecule has 0 spiro atoms. The van der Waals surface area contributed by atoms with Crippen molar-refractivity contribution in [1.82, 2.24) is 5.32 Å². The lowest BCUT2D eigenvalue weighted by Gasteiger charge is -2.44. The number of benzene rings is 1. The molecule has 5 atom stereocenters. The number of carbonyl (C=O) groups excluding carboxylic acids is 4. The number of amides is 1. The average Bonchev–Trinajstić information content (AvgIpc) is 2.70. The third-order valence-electron chi connectivity index (χ3n) is 4.59. The SMILES string of the molecule is CC(=O)N[C@@H]1[C@@H](OCCc2ccccc2)O[C@@H](COC(C)=O)[C@@H](OC(C)=O)[C@@H]1OC(C)=O. The maximum absolute atomic E-state index is 11.9. The summed E-state index contributed by atoms with van der Waals surface area (Å²) in [7, 11) is 0. The molecule has 0 unspecified atom stereocenters. The standard InChI is InChI=1S/C22H29NO9/c1-13(24)23-19-21(31-16(4)27)20(30-15(3)26)18(12-29-14(2)25)32-22(19)28-11-10-17-8-6-5-7-9-17/h5-9,18-22H,10-12H2,1-4H3,(H,23,24)/t18-,19-,20+,21+,22-/m0/s1. The Morgan fingerprint density at radius 2 is 1.53 bits per heavy atom. The summed E-state index contributed by atoms with van der Waals surface area (Å²) in [5.41, 5.74) is 1.03. The number of nitrogens with one attached hydrogen (secondary N) is 1. The molecule has 176 valence electrons. The first kappa shape index (κ1) is 25.3. The van der Waals surface area contributed by atoms with Crippen molar-refractivity contribution >= 4 is 23.8 Å². The fraction of sp³-hybridized carbons (Fsp3) is 0.545. The molecule has 32 heavy (non-hydrogen) atoms. The molecule has 0 bridgehead atoms. The van der Waals surface area contributed by atoms with Crippen LogP contribution in [0.25, 0.3) is 0 Å². The van der Waals surface area contributed by atoms with Gasteiger partial charge >= 0.3 is 17.9 Å². The van der Waals surface area contributed by atoms with E-state index >= 15 is 0 Å². The molecule has 1 heterocycles. The Hall–Kier alpha value is -2.98. The Kier molecular flexibility index (Phi) is 9.61. The average molecular weight is 451 g/mol. The molecule has 1 aliphatic rings. The van der Waals surface area contributed by atoms with Crippen LogP contribution in [-0.2, 0) is 49.3 Å². The molecule has 1 aromatic rings. The van der Waals surface area contributed by atoms with Crippen molar-refractivity contribution in [2.45, 2.75) is 64.8 Å². The molecule has 0 saturated carbocycles. The minimum Gasteiger partial charge on any atom is -0.463 e. The summed E-state index contributed by atoms with van der Waals surface area (Å²) >= 11 is 0. The third kappa shape index (κ3) is 7.93. The summed E-state index contributed by atoms with van der Waals surface area (Å²) in [4.78, 5) is 46.7. The smallest absolute Gasteiger partial charge is 0.303 e. The van der Waals surface area contributed by atoms with Crippen LogP contribution in [0, 0.1) is 0 Å². The molecule has 1 amide bonds. The first-order valence-electron chi connectivity index (χ1n) is 10.2. The Morgan fingerprint density at radius 3 is 2.09 bits per heavy atom. The number of esters is 3. The van der Waals surface area contributed by atoms with Gasteiger partial charge in [-0.25, -0.2) is 0 Å². The van der Waals surface area contributed by atoms with Crippen molar-refractivity contribution in [3.8, 4) is 0 Å². The highest BCUT2D eigenvalue weighted by Crippen LogP contribution is 2.28. The van der Waals surface area contributed by atoms with Gasteiger partial charge in [-0.3, -0.25) is 19.2 Å². The predicted molar refractivity (Wildman–Crippen MR) is 110 cm³/mol. The predicted octanol–water partition coefficient (Wildman–Crippen LogP) is 0.902. The van der Waals surface area contributed by atoms with Crippen LogP contribution in [0.4, 0.5) is 0 Å². The van der Waals surface area contributed by atoms with Gasteiger partial charge in [-0.15, -0.1) is 0 Å². The maximum Gasteiger partial charge on any atom is 0.303 e. The molecule has 1 N–H and O–H groups in total. The molecule has 0 aliphatic carbocycles. The second kappa shape index (κ2) is 12.2. The summed E-state index contributed by atoms with van der Waals surface area (Å²) in [6, 6.07) is 8.63. The van der Waals surface area contributed by atoms with E-state index in [4.69, 9.17) is 23.7 Å². The van der Waals surface area contributed by atoms with Crippen LogP contribution in [-0.4, -0.2) is 67.7 Å². The first-order valence-corrected chi connectivity index (χ1v) is 10.2. The van der Waals surface area contributed by atoms with E-state index in [9.17, 15) is 19.2 Å². The molecule has 1 saturated heterocycles. The van der Waals surface area contributed by atoms with E-state index in [2.05, 4.69) is 5.32 Å². The molecular weight excluding hydrogens is 422 g/mol. The minimum absolute atomic E-state index is 0.232. The summed E-state index contributed by atoms with van der Waals surface area (Å²) in [6.07, 6.45) is -3.75. The van der Waals surface area contributed by atoms with E-state index in [1.807, 2.05) is 30.3 Å². The van der Waals surface area contributed by atoms with Crippen molar-refractivity contribution in [1.29, 1.82) is 0 Å². The Morgan fingerprint density at radius 1 is 0.906 bits per heavy atom. The van der Waals surface area contributed by atoms with Crippen LogP contribution in [0.3, 0.4) is 0 Å². The summed E-state index contributed by atoms with van der Waals surface area (Å²) < 4.78 is 27.6. The van der Waals surface area contributed by atoms with E-state index in [1.54, 1.807) is 0 Å². The number of ether oxygens (including phenoxy) is 5. The van der Waals surface area contributed by atoms with Crippen LogP contribution >= 0.6 is 0 Å². The van der Waals surface area contributed by atoms with Gasteiger partial charge in [0, 0.05) is 27.7 Å². The molecule has 2 rings (SSSR count). The Bertz CT molecular complexity index is 798. The molecule has 0 aromatic heterocycles. The normalized spacial score (nSPS) is 24.8. The van der Waals surface area contributed by atoms with Crippen LogP contribution in [0.2, 0.25) is 0 Å². The van der Waals surface area contributed by atoms with E-state index < -0.39 is 54.5 Å². The largest absolute Gasteiger partial charge is 0.463 e. The third-order valence-corrected chi connectivity index (χ3v) is 4.59. The van der Waals surface area contributed by atoms with Crippen molar-refractivity contribution < 1.29 is 42.9 Å². The molecule has 10 heteroatoms. The lowest BCUT2D eigenvalue weighted by atomic mass is 9.96. The summed E-state index contributed by atoms with van der Waals surface area (Å²) in [5, 5.41) is 2.66. The van der Waals surface area contributed by atoms with Gasteiger partial charge in [-0.05, 0) is 12.0 Å². The van der Waals surface area contributed by atoms with Gasteiger partial charge < -0.3 is 29.0 Å². The van der Waals surface area contributed by atoms with Crippen molar-refractivity contribution in [2.75, 3.05) is 13.2 Å². The summed E-state index contributed by atoms with van der Waals surface area (Å²) in [6.45, 7) is 4.85. The minimum atomic E-state index is -1.14. The van der Waals surface area contributed by atoms with Crippen molar-refractivity contribution in [2.24, 2.45) is 0 Å². The van der Waals surface area contributed by atoms with Gasteiger partial charge in [0.15, 0.2) is 18.5 Å². The van der Waals surface area contributed by atoms with Gasteiger partial charge in [0.1, 0.15) is 18.8 Å². The Balaban J connectivity index is 2.28. The van der Waals surface area contributed by atoms with E-state index in [1.165, 1.54) is 27.7 Å². The lowest BCUT2D eigenvalue weighted by molar-refractivity contribution is -0.277. The summed E-state index contributed by atoms with van der Waals surface area (Å²) in [5.74, 6) is -2.30. The zero-order valence-corrected chi connectivity index (χ0v) is 18.6. The molecule has 1 aliphatic heterocycles. The van der Waals surface area contributed by atoms with Crippen LogP contribution < -0.4 is 5.32 Å². The lowest BCUT2D eigenvalue weighted by Crippen LogP contribution is -2.66. The van der Waals surface area contributed by atoms with E-state index in [0.29, 0.717) is 6.42 Å². The highest BCUT2D eigenvalue weighted by molar-refractivity contribution is 5.73. The highest BCUT2D eigenvalue weighted by Gasteiger charge is 2.51. The monoisotopic (exact) mass is 451 g/mol.